The number of rotatable bonds is 2. The third-order valence-electron chi connectivity index (χ3n) is 4.58. The molecule has 0 bridgehead atoms. The molecule has 1 N–H and O–H groups in total. The molecule has 0 amide bonds. The van der Waals surface area contributed by atoms with Gasteiger partial charge in [0.2, 0.25) is 0 Å². The molecule has 90 valence electrons. The van der Waals surface area contributed by atoms with Gasteiger partial charge in [-0.1, -0.05) is 37.9 Å². The van der Waals surface area contributed by atoms with Crippen LogP contribution in [0.25, 0.3) is 0 Å². The Bertz CT molecular complexity index is 301. The molecule has 2 aliphatic carbocycles. The third kappa shape index (κ3) is 1.99. The van der Waals surface area contributed by atoms with Crippen molar-refractivity contribution in [2.45, 2.75) is 57.4 Å². The largest absolute Gasteiger partial charge is 0.359 e. The van der Waals surface area contributed by atoms with Gasteiger partial charge in [0.15, 0.2) is 5.17 Å². The van der Waals surface area contributed by atoms with Gasteiger partial charge < -0.3 is 5.32 Å². The van der Waals surface area contributed by atoms with Crippen LogP contribution in [0.5, 0.6) is 0 Å². The lowest BCUT2D eigenvalue weighted by Gasteiger charge is -2.36. The molecule has 0 atom stereocenters. The van der Waals surface area contributed by atoms with Gasteiger partial charge in [-0.25, -0.2) is 0 Å². The Morgan fingerprint density at radius 3 is 2.56 bits per heavy atom. The molecular weight excluding hydrogens is 216 g/mol. The average Bonchev–Trinajstić information content (AvgIpc) is 2.84. The summed E-state index contributed by atoms with van der Waals surface area (Å²) in [5, 5.41) is 4.93. The molecule has 1 spiro atoms. The van der Waals surface area contributed by atoms with Crippen LogP contribution in [-0.2, 0) is 0 Å². The quantitative estimate of drug-likeness (QED) is 0.799. The standard InChI is InChI=1S/C13H22N2S/c1-12(5-4-6-12)9-14-11-15-13(10-16-11)7-2-3-8-13/h2-10H2,1H3,(H,14,15). The Morgan fingerprint density at radius 1 is 1.19 bits per heavy atom. The highest BCUT2D eigenvalue weighted by atomic mass is 32.2. The number of aliphatic imine (C=N–C) groups is 1. The van der Waals surface area contributed by atoms with Crippen molar-refractivity contribution in [1.82, 2.24) is 5.32 Å². The Balaban J connectivity index is 1.58. The molecule has 16 heavy (non-hydrogen) atoms. The van der Waals surface area contributed by atoms with E-state index in [2.05, 4.69) is 12.2 Å². The van der Waals surface area contributed by atoms with Gasteiger partial charge in [-0.3, -0.25) is 4.99 Å². The normalized spacial score (nSPS) is 32.9. The highest BCUT2D eigenvalue weighted by Crippen LogP contribution is 2.41. The predicted molar refractivity (Wildman–Crippen MR) is 71.1 cm³/mol. The molecule has 2 saturated carbocycles. The SMILES string of the molecule is CC1(CN=C2NC3(CCCC3)CS2)CCC1. The lowest BCUT2D eigenvalue weighted by molar-refractivity contribution is 0.174. The van der Waals surface area contributed by atoms with Crippen LogP contribution < -0.4 is 5.32 Å². The van der Waals surface area contributed by atoms with Crippen molar-refractivity contribution in [2.75, 3.05) is 12.3 Å². The zero-order valence-corrected chi connectivity index (χ0v) is 11.0. The number of amidine groups is 1. The lowest BCUT2D eigenvalue weighted by atomic mass is 9.71. The second kappa shape index (κ2) is 3.94. The average molecular weight is 238 g/mol. The predicted octanol–water partition coefficient (Wildman–Crippen LogP) is 3.18. The molecule has 1 heterocycles. The highest BCUT2D eigenvalue weighted by Gasteiger charge is 2.40. The van der Waals surface area contributed by atoms with E-state index in [1.807, 2.05) is 11.8 Å². The minimum Gasteiger partial charge on any atom is -0.359 e. The van der Waals surface area contributed by atoms with Gasteiger partial charge in [-0.15, -0.1) is 0 Å². The lowest BCUT2D eigenvalue weighted by Crippen LogP contribution is -2.41. The van der Waals surface area contributed by atoms with Gasteiger partial charge in [0, 0.05) is 17.8 Å². The zero-order chi connectivity index (χ0) is 11.1. The van der Waals surface area contributed by atoms with Crippen LogP contribution in [0.1, 0.15) is 51.9 Å². The van der Waals surface area contributed by atoms with Gasteiger partial charge in [0.25, 0.3) is 0 Å². The summed E-state index contributed by atoms with van der Waals surface area (Å²) >= 11 is 1.95. The van der Waals surface area contributed by atoms with Gasteiger partial charge in [-0.05, 0) is 31.1 Å². The van der Waals surface area contributed by atoms with E-state index < -0.39 is 0 Å². The molecule has 0 unspecified atom stereocenters. The first kappa shape index (κ1) is 10.9. The van der Waals surface area contributed by atoms with Crippen molar-refractivity contribution in [2.24, 2.45) is 10.4 Å². The molecule has 0 radical (unpaired) electrons. The van der Waals surface area contributed by atoms with Crippen LogP contribution in [0, 0.1) is 5.41 Å². The molecule has 0 aromatic heterocycles. The Labute approximate surface area is 103 Å². The van der Waals surface area contributed by atoms with Gasteiger partial charge in [0.05, 0.1) is 0 Å². The number of nitrogens with zero attached hydrogens (tertiary/aromatic N) is 1. The number of hydrogen-bond acceptors (Lipinski definition) is 2. The molecule has 0 aromatic carbocycles. The van der Waals surface area contributed by atoms with Crippen molar-refractivity contribution in [3.8, 4) is 0 Å². The monoisotopic (exact) mass is 238 g/mol. The molecule has 2 nitrogen and oxygen atoms in total. The van der Waals surface area contributed by atoms with Crippen LogP contribution in [0.2, 0.25) is 0 Å². The van der Waals surface area contributed by atoms with E-state index in [1.165, 1.54) is 55.9 Å². The Hall–Kier alpha value is -0.180. The Morgan fingerprint density at radius 2 is 1.94 bits per heavy atom. The van der Waals surface area contributed by atoms with Crippen LogP contribution in [0.15, 0.2) is 4.99 Å². The second-order valence-corrected chi connectivity index (χ2v) is 7.15. The number of nitrogens with one attached hydrogen (secondary N) is 1. The van der Waals surface area contributed by atoms with E-state index in [-0.39, 0.29) is 0 Å². The van der Waals surface area contributed by atoms with Crippen molar-refractivity contribution in [1.29, 1.82) is 0 Å². The zero-order valence-electron chi connectivity index (χ0n) is 10.2. The fourth-order valence-corrected chi connectivity index (χ4v) is 4.33. The van der Waals surface area contributed by atoms with Gasteiger partial charge >= 0.3 is 0 Å². The summed E-state index contributed by atoms with van der Waals surface area (Å²) in [6.45, 7) is 3.42. The first-order chi connectivity index (χ1) is 7.70. The van der Waals surface area contributed by atoms with E-state index in [4.69, 9.17) is 4.99 Å². The molecule has 3 rings (SSSR count). The van der Waals surface area contributed by atoms with Crippen LogP contribution in [0.3, 0.4) is 0 Å². The van der Waals surface area contributed by atoms with Crippen molar-refractivity contribution < 1.29 is 0 Å². The number of hydrogen-bond donors (Lipinski definition) is 1. The summed E-state index contributed by atoms with van der Waals surface area (Å²) in [6.07, 6.45) is 9.68. The summed E-state index contributed by atoms with van der Waals surface area (Å²) in [7, 11) is 0. The molecule has 3 heteroatoms. The molecular formula is C13H22N2S. The maximum atomic E-state index is 4.80. The summed E-state index contributed by atoms with van der Waals surface area (Å²) in [6, 6.07) is 0. The van der Waals surface area contributed by atoms with Gasteiger partial charge in [0.1, 0.15) is 0 Å². The minimum atomic E-state index is 0.435. The molecule has 3 aliphatic rings. The third-order valence-corrected chi connectivity index (χ3v) is 5.78. The van der Waals surface area contributed by atoms with Crippen LogP contribution in [-0.4, -0.2) is 23.0 Å². The fourth-order valence-electron chi connectivity index (χ4n) is 3.11. The molecule has 3 fully saturated rings. The molecule has 1 aliphatic heterocycles. The van der Waals surface area contributed by atoms with E-state index in [0.717, 1.165) is 6.54 Å². The van der Waals surface area contributed by atoms with Gasteiger partial charge in [-0.2, -0.15) is 0 Å². The van der Waals surface area contributed by atoms with Crippen molar-refractivity contribution >= 4 is 16.9 Å². The smallest absolute Gasteiger partial charge is 0.157 e. The van der Waals surface area contributed by atoms with E-state index in [0.29, 0.717) is 11.0 Å². The van der Waals surface area contributed by atoms with Crippen molar-refractivity contribution in [3.05, 3.63) is 0 Å². The number of thioether (sulfide) groups is 1. The molecule has 0 aromatic rings. The van der Waals surface area contributed by atoms with E-state index in [9.17, 15) is 0 Å². The Kier molecular flexibility index (Phi) is 2.69. The molecule has 1 saturated heterocycles. The summed E-state index contributed by atoms with van der Waals surface area (Å²) in [5.41, 5.74) is 0.963. The maximum absolute atomic E-state index is 4.80. The summed E-state index contributed by atoms with van der Waals surface area (Å²) in [5.74, 6) is 1.25. The topological polar surface area (TPSA) is 24.4 Å². The van der Waals surface area contributed by atoms with E-state index in [1.54, 1.807) is 0 Å². The summed E-state index contributed by atoms with van der Waals surface area (Å²) in [4.78, 5) is 4.80. The van der Waals surface area contributed by atoms with Crippen LogP contribution in [0.4, 0.5) is 0 Å². The van der Waals surface area contributed by atoms with Crippen molar-refractivity contribution in [3.63, 3.8) is 0 Å². The fraction of sp³-hybridized carbons (Fsp3) is 0.923. The minimum absolute atomic E-state index is 0.435. The van der Waals surface area contributed by atoms with Crippen LogP contribution >= 0.6 is 11.8 Å². The second-order valence-electron chi connectivity index (χ2n) is 6.19. The first-order valence-corrected chi connectivity index (χ1v) is 7.64. The van der Waals surface area contributed by atoms with E-state index >= 15 is 0 Å². The summed E-state index contributed by atoms with van der Waals surface area (Å²) < 4.78 is 0. The highest BCUT2D eigenvalue weighted by molar-refractivity contribution is 8.14. The first-order valence-electron chi connectivity index (χ1n) is 6.65. The maximum Gasteiger partial charge on any atom is 0.157 e.